The molecule has 10 heteroatoms. The van der Waals surface area contributed by atoms with Crippen LogP contribution in [0.15, 0.2) is 56.9 Å². The number of ether oxygens (including phenoxy) is 3. The number of hydrogen-bond acceptors (Lipinski definition) is 8. The van der Waals surface area contributed by atoms with E-state index < -0.39 is 5.97 Å². The maximum Gasteiger partial charge on any atom is 0.348 e. The van der Waals surface area contributed by atoms with Crippen LogP contribution in [0.2, 0.25) is 0 Å². The summed E-state index contributed by atoms with van der Waals surface area (Å²) in [5, 5.41) is 1.03. The predicted octanol–water partition coefficient (Wildman–Crippen LogP) is 5.77. The third-order valence-corrected chi connectivity index (χ3v) is 8.22. The van der Waals surface area contributed by atoms with Gasteiger partial charge in [0.05, 0.1) is 18.5 Å². The number of carbonyl (C=O) groups is 1. The minimum absolute atomic E-state index is 0.185. The number of halogens is 1. The second-order valence-electron chi connectivity index (χ2n) is 7.85. The van der Waals surface area contributed by atoms with Crippen LogP contribution in [0, 0.1) is 6.92 Å². The molecule has 35 heavy (non-hydrogen) atoms. The Morgan fingerprint density at radius 1 is 1.20 bits per heavy atom. The number of esters is 1. The van der Waals surface area contributed by atoms with Crippen LogP contribution >= 0.6 is 39.0 Å². The van der Waals surface area contributed by atoms with E-state index in [1.807, 2.05) is 42.5 Å². The van der Waals surface area contributed by atoms with E-state index in [1.54, 1.807) is 18.4 Å². The smallest absolute Gasteiger partial charge is 0.348 e. The van der Waals surface area contributed by atoms with Crippen molar-refractivity contribution >= 4 is 55.2 Å². The Morgan fingerprint density at radius 3 is 2.83 bits per heavy atom. The van der Waals surface area contributed by atoms with Crippen LogP contribution < -0.4 is 15.0 Å². The largest absolute Gasteiger partial charge is 0.462 e. The van der Waals surface area contributed by atoms with E-state index in [0.717, 1.165) is 15.6 Å². The van der Waals surface area contributed by atoms with Gasteiger partial charge in [0.25, 0.3) is 5.56 Å². The quantitative estimate of drug-likeness (QED) is 0.158. The number of thioether (sulfide) groups is 1. The van der Waals surface area contributed by atoms with E-state index >= 15 is 0 Å². The van der Waals surface area contributed by atoms with Gasteiger partial charge in [-0.1, -0.05) is 45.9 Å². The third-order valence-electron chi connectivity index (χ3n) is 5.51. The van der Waals surface area contributed by atoms with Gasteiger partial charge in [-0.15, -0.1) is 11.3 Å². The van der Waals surface area contributed by atoms with Crippen LogP contribution in [0.25, 0.3) is 10.2 Å². The molecule has 180 valence electrons. The van der Waals surface area contributed by atoms with Crippen LogP contribution in [0.5, 0.6) is 11.5 Å². The number of fused-ring (bicyclic) bond motifs is 2. The topological polar surface area (TPSA) is 79.7 Å². The van der Waals surface area contributed by atoms with Crippen LogP contribution in [0.1, 0.15) is 33.3 Å². The highest BCUT2D eigenvalue weighted by Gasteiger charge is 2.23. The van der Waals surface area contributed by atoms with Gasteiger partial charge in [-0.3, -0.25) is 9.36 Å². The number of hydrogen-bond donors (Lipinski definition) is 0. The first kappa shape index (κ1) is 23.9. The summed E-state index contributed by atoms with van der Waals surface area (Å²) in [6.07, 6.45) is 0. The van der Waals surface area contributed by atoms with Crippen LogP contribution in [-0.2, 0) is 17.0 Å². The van der Waals surface area contributed by atoms with E-state index in [-0.39, 0.29) is 19.0 Å². The average Bonchev–Trinajstić information content (AvgIpc) is 3.44. The molecule has 4 aromatic rings. The second-order valence-corrected chi connectivity index (χ2v) is 10.7. The van der Waals surface area contributed by atoms with Crippen molar-refractivity contribution in [2.24, 2.45) is 0 Å². The molecule has 2 aromatic carbocycles. The molecule has 0 atom stereocenters. The molecule has 0 unspecified atom stereocenters. The molecule has 7 nitrogen and oxygen atoms in total. The van der Waals surface area contributed by atoms with Crippen molar-refractivity contribution in [2.45, 2.75) is 31.3 Å². The van der Waals surface area contributed by atoms with E-state index in [1.165, 1.54) is 23.1 Å². The fourth-order valence-corrected chi connectivity index (χ4v) is 6.34. The molecule has 0 radical (unpaired) electrons. The number of nitrogens with zero attached hydrogens (tertiary/aromatic N) is 2. The Morgan fingerprint density at radius 2 is 2.03 bits per heavy atom. The highest BCUT2D eigenvalue weighted by atomic mass is 79.9. The summed E-state index contributed by atoms with van der Waals surface area (Å²) in [7, 11) is 0. The van der Waals surface area contributed by atoms with Gasteiger partial charge >= 0.3 is 5.97 Å². The average molecular weight is 573 g/mol. The first-order valence-corrected chi connectivity index (χ1v) is 13.5. The predicted molar refractivity (Wildman–Crippen MR) is 140 cm³/mol. The zero-order chi connectivity index (χ0) is 24.5. The van der Waals surface area contributed by atoms with Gasteiger partial charge in [0.15, 0.2) is 16.7 Å². The highest BCUT2D eigenvalue weighted by Crippen LogP contribution is 2.34. The molecule has 0 N–H and O–H groups in total. The summed E-state index contributed by atoms with van der Waals surface area (Å²) in [5.41, 5.74) is 2.40. The molecule has 1 aliphatic heterocycles. The Bertz CT molecular complexity index is 1500. The van der Waals surface area contributed by atoms with Crippen molar-refractivity contribution in [3.63, 3.8) is 0 Å². The lowest BCUT2D eigenvalue weighted by molar-refractivity contribution is 0.0531. The number of rotatable bonds is 7. The van der Waals surface area contributed by atoms with Gasteiger partial charge in [-0.2, -0.15) is 0 Å². The zero-order valence-corrected chi connectivity index (χ0v) is 22.2. The lowest BCUT2D eigenvalue weighted by atomic mass is 10.2. The van der Waals surface area contributed by atoms with Gasteiger partial charge in [0.2, 0.25) is 6.79 Å². The number of carbonyl (C=O) groups excluding carboxylic acids is 1. The maximum absolute atomic E-state index is 13.8. The zero-order valence-electron chi connectivity index (χ0n) is 19.0. The lowest BCUT2D eigenvalue weighted by Crippen LogP contribution is -2.24. The number of aryl methyl sites for hydroxylation is 1. The summed E-state index contributed by atoms with van der Waals surface area (Å²) in [4.78, 5) is 32.0. The molecule has 5 rings (SSSR count). The first-order valence-electron chi connectivity index (χ1n) is 10.9. The van der Waals surface area contributed by atoms with E-state index in [4.69, 9.17) is 19.2 Å². The molecule has 0 bridgehead atoms. The monoisotopic (exact) mass is 572 g/mol. The minimum atomic E-state index is -0.432. The minimum Gasteiger partial charge on any atom is -0.462 e. The normalized spacial score (nSPS) is 12.3. The van der Waals surface area contributed by atoms with E-state index in [2.05, 4.69) is 15.9 Å². The standard InChI is InChI=1S/C25H21BrN2O5S2/c1-3-31-24(30)21-14(2)20-22(35-21)27-25(34-12-16-5-4-6-17(26)9-16)28(23(20)29)11-15-7-8-18-19(10-15)33-13-32-18/h4-10H,3,11-13H2,1-2H3. The first-order chi connectivity index (χ1) is 16.9. The Hall–Kier alpha value is -2.82. The summed E-state index contributed by atoms with van der Waals surface area (Å²) < 4.78 is 18.8. The van der Waals surface area contributed by atoms with Crippen molar-refractivity contribution < 1.29 is 19.0 Å². The Kier molecular flexibility index (Phi) is 6.86. The third kappa shape index (κ3) is 4.82. The number of thiophene rings is 1. The van der Waals surface area contributed by atoms with Crippen molar-refractivity contribution in [3.8, 4) is 11.5 Å². The van der Waals surface area contributed by atoms with Crippen LogP contribution in [0.4, 0.5) is 0 Å². The Balaban J connectivity index is 1.59. The molecule has 1 aliphatic rings. The van der Waals surface area contributed by atoms with Gasteiger partial charge < -0.3 is 14.2 Å². The van der Waals surface area contributed by atoms with Gasteiger partial charge in [0.1, 0.15) is 9.71 Å². The second kappa shape index (κ2) is 10.0. The highest BCUT2D eigenvalue weighted by molar-refractivity contribution is 9.10. The molecule has 3 heterocycles. The number of benzene rings is 2. The lowest BCUT2D eigenvalue weighted by Gasteiger charge is -2.13. The summed E-state index contributed by atoms with van der Waals surface area (Å²) >= 11 is 6.19. The molecular formula is C25H21BrN2O5S2. The maximum atomic E-state index is 13.8. The molecule has 0 spiro atoms. The summed E-state index contributed by atoms with van der Waals surface area (Å²) in [6, 6.07) is 13.7. The SMILES string of the molecule is CCOC(=O)c1sc2nc(SCc3cccc(Br)c3)n(Cc3ccc4c(c3)OCO4)c(=O)c2c1C. The van der Waals surface area contributed by atoms with Crippen molar-refractivity contribution in [1.29, 1.82) is 0 Å². The van der Waals surface area contributed by atoms with Crippen LogP contribution in [0.3, 0.4) is 0 Å². The van der Waals surface area contributed by atoms with Gasteiger partial charge in [-0.25, -0.2) is 9.78 Å². The van der Waals surface area contributed by atoms with Gasteiger partial charge in [-0.05, 0) is 54.8 Å². The molecule has 0 saturated carbocycles. The fourth-order valence-electron chi connectivity index (χ4n) is 3.84. The fraction of sp³-hybridized carbons (Fsp3) is 0.240. The van der Waals surface area contributed by atoms with Crippen molar-refractivity contribution in [1.82, 2.24) is 9.55 Å². The molecule has 0 saturated heterocycles. The molecule has 0 fully saturated rings. The summed E-state index contributed by atoms with van der Waals surface area (Å²) in [5.74, 6) is 1.54. The van der Waals surface area contributed by atoms with Crippen LogP contribution in [-0.4, -0.2) is 28.9 Å². The molecule has 2 aromatic heterocycles. The molecule has 0 aliphatic carbocycles. The van der Waals surface area contributed by atoms with Gasteiger partial charge in [0, 0.05) is 10.2 Å². The van der Waals surface area contributed by atoms with E-state index in [0.29, 0.717) is 49.6 Å². The molecular weight excluding hydrogens is 552 g/mol. The Labute approximate surface area is 218 Å². The number of aromatic nitrogens is 2. The summed E-state index contributed by atoms with van der Waals surface area (Å²) in [6.45, 7) is 4.29. The van der Waals surface area contributed by atoms with E-state index in [9.17, 15) is 9.59 Å². The van der Waals surface area contributed by atoms with Crippen molar-refractivity contribution in [3.05, 3.63) is 78.9 Å². The molecule has 0 amide bonds. The van der Waals surface area contributed by atoms with Crippen molar-refractivity contribution in [2.75, 3.05) is 13.4 Å².